The van der Waals surface area contributed by atoms with Crippen molar-refractivity contribution in [1.29, 1.82) is 0 Å². The van der Waals surface area contributed by atoms with Gasteiger partial charge in [-0.3, -0.25) is 9.89 Å². The lowest BCUT2D eigenvalue weighted by molar-refractivity contribution is 0.0697. The standard InChI is InChI=1S/C11H18N4O/c1-8-7-10(14-13-8)11(16)15(2)9-3-5-12-6-4-9/h7,9,12H,3-6H2,1-2H3,(H,13,14). The zero-order valence-corrected chi connectivity index (χ0v) is 9.79. The lowest BCUT2D eigenvalue weighted by Crippen LogP contribution is -2.44. The number of aromatic nitrogens is 2. The number of aryl methyl sites for hydroxylation is 1. The molecule has 1 fully saturated rings. The zero-order chi connectivity index (χ0) is 11.5. The van der Waals surface area contributed by atoms with Gasteiger partial charge in [0.15, 0.2) is 0 Å². The van der Waals surface area contributed by atoms with Crippen LogP contribution in [0.15, 0.2) is 6.07 Å². The summed E-state index contributed by atoms with van der Waals surface area (Å²) < 4.78 is 0. The van der Waals surface area contributed by atoms with Crippen molar-refractivity contribution >= 4 is 5.91 Å². The van der Waals surface area contributed by atoms with Gasteiger partial charge >= 0.3 is 0 Å². The van der Waals surface area contributed by atoms with Crippen LogP contribution in [0.5, 0.6) is 0 Å². The minimum absolute atomic E-state index is 0.0104. The number of rotatable bonds is 2. The van der Waals surface area contributed by atoms with E-state index in [1.54, 1.807) is 6.07 Å². The molecule has 16 heavy (non-hydrogen) atoms. The van der Waals surface area contributed by atoms with Gasteiger partial charge in [-0.25, -0.2) is 0 Å². The third kappa shape index (κ3) is 2.24. The summed E-state index contributed by atoms with van der Waals surface area (Å²) in [6, 6.07) is 2.13. The molecule has 0 aliphatic carbocycles. The first-order valence-corrected chi connectivity index (χ1v) is 5.68. The number of hydrogen-bond donors (Lipinski definition) is 2. The van der Waals surface area contributed by atoms with Crippen LogP contribution in [0.25, 0.3) is 0 Å². The monoisotopic (exact) mass is 222 g/mol. The van der Waals surface area contributed by atoms with Gasteiger partial charge < -0.3 is 10.2 Å². The molecular weight excluding hydrogens is 204 g/mol. The van der Waals surface area contributed by atoms with E-state index in [1.165, 1.54) is 0 Å². The molecule has 0 spiro atoms. The molecule has 0 unspecified atom stereocenters. The minimum Gasteiger partial charge on any atom is -0.337 e. The van der Waals surface area contributed by atoms with Crippen LogP contribution in [-0.4, -0.2) is 47.2 Å². The lowest BCUT2D eigenvalue weighted by atomic mass is 10.1. The highest BCUT2D eigenvalue weighted by atomic mass is 16.2. The molecule has 0 radical (unpaired) electrons. The van der Waals surface area contributed by atoms with Crippen molar-refractivity contribution in [2.24, 2.45) is 0 Å². The molecule has 5 heteroatoms. The van der Waals surface area contributed by atoms with E-state index in [9.17, 15) is 4.79 Å². The van der Waals surface area contributed by atoms with Crippen LogP contribution in [0.2, 0.25) is 0 Å². The van der Waals surface area contributed by atoms with E-state index in [0.29, 0.717) is 11.7 Å². The van der Waals surface area contributed by atoms with Gasteiger partial charge in [0.25, 0.3) is 5.91 Å². The Balaban J connectivity index is 2.03. The first kappa shape index (κ1) is 11.1. The molecule has 0 atom stereocenters. The van der Waals surface area contributed by atoms with Crippen LogP contribution in [0.4, 0.5) is 0 Å². The molecule has 2 rings (SSSR count). The number of amides is 1. The lowest BCUT2D eigenvalue weighted by Gasteiger charge is -2.31. The Morgan fingerprint density at radius 1 is 1.50 bits per heavy atom. The second-order valence-electron chi connectivity index (χ2n) is 4.33. The first-order chi connectivity index (χ1) is 7.68. The number of carbonyl (C=O) groups excluding carboxylic acids is 1. The van der Waals surface area contributed by atoms with E-state index in [2.05, 4.69) is 15.5 Å². The number of nitrogens with zero attached hydrogens (tertiary/aromatic N) is 2. The molecule has 2 heterocycles. The maximum Gasteiger partial charge on any atom is 0.274 e. The molecule has 1 aliphatic rings. The Labute approximate surface area is 95.2 Å². The topological polar surface area (TPSA) is 61.0 Å². The average Bonchev–Trinajstić information content (AvgIpc) is 2.75. The molecule has 5 nitrogen and oxygen atoms in total. The highest BCUT2D eigenvalue weighted by Crippen LogP contribution is 2.13. The van der Waals surface area contributed by atoms with Crippen LogP contribution in [0.3, 0.4) is 0 Å². The minimum atomic E-state index is 0.0104. The van der Waals surface area contributed by atoms with Gasteiger partial charge in [0.05, 0.1) is 0 Å². The number of aromatic amines is 1. The Bertz CT molecular complexity index is 368. The zero-order valence-electron chi connectivity index (χ0n) is 9.79. The summed E-state index contributed by atoms with van der Waals surface area (Å²) in [4.78, 5) is 13.9. The summed E-state index contributed by atoms with van der Waals surface area (Å²) in [7, 11) is 1.86. The summed E-state index contributed by atoms with van der Waals surface area (Å²) in [5.41, 5.74) is 1.43. The first-order valence-electron chi connectivity index (χ1n) is 5.68. The fraction of sp³-hybridized carbons (Fsp3) is 0.636. The van der Waals surface area contributed by atoms with E-state index in [4.69, 9.17) is 0 Å². The van der Waals surface area contributed by atoms with E-state index in [0.717, 1.165) is 31.6 Å². The Morgan fingerprint density at radius 2 is 2.19 bits per heavy atom. The second kappa shape index (κ2) is 4.65. The van der Waals surface area contributed by atoms with Gasteiger partial charge in [0.1, 0.15) is 5.69 Å². The molecular formula is C11H18N4O. The summed E-state index contributed by atoms with van der Waals surface area (Å²) in [6.07, 6.45) is 2.04. The molecule has 88 valence electrons. The van der Waals surface area contributed by atoms with E-state index in [-0.39, 0.29) is 5.91 Å². The van der Waals surface area contributed by atoms with Gasteiger partial charge in [-0.2, -0.15) is 5.10 Å². The quantitative estimate of drug-likeness (QED) is 0.768. The molecule has 1 amide bonds. The van der Waals surface area contributed by atoms with Crippen molar-refractivity contribution in [3.63, 3.8) is 0 Å². The maximum atomic E-state index is 12.1. The number of hydrogen-bond acceptors (Lipinski definition) is 3. The van der Waals surface area contributed by atoms with Crippen LogP contribution in [0, 0.1) is 6.92 Å². The summed E-state index contributed by atoms with van der Waals surface area (Å²) in [6.45, 7) is 3.87. The van der Waals surface area contributed by atoms with Crippen molar-refractivity contribution in [3.8, 4) is 0 Å². The molecule has 0 bridgehead atoms. The van der Waals surface area contributed by atoms with Crippen molar-refractivity contribution < 1.29 is 4.79 Å². The van der Waals surface area contributed by atoms with Crippen molar-refractivity contribution in [2.45, 2.75) is 25.8 Å². The normalized spacial score (nSPS) is 17.4. The molecule has 1 saturated heterocycles. The number of carbonyl (C=O) groups is 1. The van der Waals surface area contributed by atoms with Crippen LogP contribution in [-0.2, 0) is 0 Å². The fourth-order valence-electron chi connectivity index (χ4n) is 2.07. The predicted octanol–water partition coefficient (Wildman–Crippen LogP) is 0.542. The van der Waals surface area contributed by atoms with E-state index in [1.807, 2.05) is 18.9 Å². The third-order valence-electron chi connectivity index (χ3n) is 3.10. The summed E-state index contributed by atoms with van der Waals surface area (Å²) >= 11 is 0. The van der Waals surface area contributed by atoms with Crippen LogP contribution >= 0.6 is 0 Å². The van der Waals surface area contributed by atoms with Crippen LogP contribution in [0.1, 0.15) is 29.0 Å². The largest absolute Gasteiger partial charge is 0.337 e. The molecule has 1 aromatic heterocycles. The van der Waals surface area contributed by atoms with Crippen molar-refractivity contribution in [3.05, 3.63) is 17.5 Å². The number of nitrogens with one attached hydrogen (secondary N) is 2. The molecule has 0 saturated carbocycles. The number of piperidine rings is 1. The number of H-pyrrole nitrogens is 1. The summed E-state index contributed by atoms with van der Waals surface area (Å²) in [5, 5.41) is 10.1. The van der Waals surface area contributed by atoms with Gasteiger partial charge in [-0.15, -0.1) is 0 Å². The third-order valence-corrected chi connectivity index (χ3v) is 3.10. The van der Waals surface area contributed by atoms with Crippen LogP contribution < -0.4 is 5.32 Å². The highest BCUT2D eigenvalue weighted by molar-refractivity contribution is 5.92. The average molecular weight is 222 g/mol. The Morgan fingerprint density at radius 3 is 2.75 bits per heavy atom. The van der Waals surface area contributed by atoms with Gasteiger partial charge in [-0.05, 0) is 38.9 Å². The highest BCUT2D eigenvalue weighted by Gasteiger charge is 2.23. The molecule has 1 aromatic rings. The second-order valence-corrected chi connectivity index (χ2v) is 4.33. The fourth-order valence-corrected chi connectivity index (χ4v) is 2.07. The van der Waals surface area contributed by atoms with Gasteiger partial charge in [0, 0.05) is 18.8 Å². The predicted molar refractivity (Wildman–Crippen MR) is 61.3 cm³/mol. The summed E-state index contributed by atoms with van der Waals surface area (Å²) in [5.74, 6) is 0.0104. The van der Waals surface area contributed by atoms with Gasteiger partial charge in [-0.1, -0.05) is 0 Å². The van der Waals surface area contributed by atoms with E-state index < -0.39 is 0 Å². The smallest absolute Gasteiger partial charge is 0.274 e. The molecule has 2 N–H and O–H groups in total. The van der Waals surface area contributed by atoms with E-state index >= 15 is 0 Å². The molecule has 1 aliphatic heterocycles. The van der Waals surface area contributed by atoms with Crippen molar-refractivity contribution in [1.82, 2.24) is 20.4 Å². The maximum absolute atomic E-state index is 12.1. The molecule has 0 aromatic carbocycles. The Hall–Kier alpha value is -1.36. The SMILES string of the molecule is Cc1cc(C(=O)N(C)C2CCNCC2)n[nH]1. The van der Waals surface area contributed by atoms with Gasteiger partial charge in [0.2, 0.25) is 0 Å². The van der Waals surface area contributed by atoms with Crippen molar-refractivity contribution in [2.75, 3.05) is 20.1 Å². The Kier molecular flexibility index (Phi) is 3.24.